The van der Waals surface area contributed by atoms with E-state index in [1.165, 1.54) is 12.1 Å². The molecule has 0 aliphatic carbocycles. The second kappa shape index (κ2) is 4.50. The van der Waals surface area contributed by atoms with Gasteiger partial charge in [-0.05, 0) is 17.7 Å². The van der Waals surface area contributed by atoms with E-state index >= 15 is 0 Å². The van der Waals surface area contributed by atoms with E-state index in [1.807, 2.05) is 0 Å². The molecule has 7 heteroatoms. The van der Waals surface area contributed by atoms with E-state index in [-0.39, 0.29) is 10.2 Å². The van der Waals surface area contributed by atoms with Crippen LogP contribution >= 0.6 is 11.3 Å². The van der Waals surface area contributed by atoms with Gasteiger partial charge in [-0.15, -0.1) is 10.2 Å². The van der Waals surface area contributed by atoms with Gasteiger partial charge in [-0.1, -0.05) is 23.5 Å². The number of nitrogens with zero attached hydrogens (tertiary/aromatic N) is 2. The van der Waals surface area contributed by atoms with E-state index in [1.54, 1.807) is 12.1 Å². The summed E-state index contributed by atoms with van der Waals surface area (Å²) in [5.41, 5.74) is 0.864. The third-order valence-corrected chi connectivity index (χ3v) is 4.63. The van der Waals surface area contributed by atoms with Gasteiger partial charge in [0.15, 0.2) is 0 Å². The van der Waals surface area contributed by atoms with Crippen molar-refractivity contribution in [1.29, 1.82) is 0 Å². The molecule has 1 aromatic heterocycles. The van der Waals surface area contributed by atoms with E-state index < -0.39 is 9.84 Å². The van der Waals surface area contributed by atoms with E-state index in [2.05, 4.69) is 10.2 Å². The first-order valence-electron chi connectivity index (χ1n) is 4.72. The van der Waals surface area contributed by atoms with E-state index in [0.717, 1.165) is 23.2 Å². The summed E-state index contributed by atoms with van der Waals surface area (Å²) in [6.45, 7) is 0. The molecule has 0 unspecified atom stereocenters. The molecular formula is C10H9FN2O2S2. The van der Waals surface area contributed by atoms with Crippen molar-refractivity contribution < 1.29 is 12.8 Å². The molecule has 2 rings (SSSR count). The fourth-order valence-electron chi connectivity index (χ4n) is 1.24. The number of aromatic nitrogens is 2. The van der Waals surface area contributed by atoms with Crippen molar-refractivity contribution in [2.24, 2.45) is 0 Å². The molecule has 2 aromatic rings. The molecular weight excluding hydrogens is 263 g/mol. The highest BCUT2D eigenvalue weighted by molar-refractivity contribution is 7.92. The zero-order valence-corrected chi connectivity index (χ0v) is 10.6. The van der Waals surface area contributed by atoms with Crippen LogP contribution in [0.3, 0.4) is 0 Å². The summed E-state index contributed by atoms with van der Waals surface area (Å²) >= 11 is 1.03. The molecule has 17 heavy (non-hydrogen) atoms. The van der Waals surface area contributed by atoms with E-state index in [4.69, 9.17) is 0 Å². The first kappa shape index (κ1) is 12.1. The second-order valence-corrected chi connectivity index (χ2v) is 6.79. The first-order valence-corrected chi connectivity index (χ1v) is 7.43. The predicted molar refractivity (Wildman–Crippen MR) is 62.2 cm³/mol. The Morgan fingerprint density at radius 2 is 1.88 bits per heavy atom. The highest BCUT2D eigenvalue weighted by atomic mass is 32.2. The standard InChI is InChI=1S/C10H9FN2O2S2/c1-17(14,15)10-13-12-9(16-10)6-7-2-4-8(11)5-3-7/h2-5H,6H2,1H3. The summed E-state index contributed by atoms with van der Waals surface area (Å²) in [4.78, 5) is 0. The van der Waals surface area contributed by atoms with Crippen molar-refractivity contribution in [1.82, 2.24) is 10.2 Å². The predicted octanol–water partition coefficient (Wildman–Crippen LogP) is 1.67. The Kier molecular flexibility index (Phi) is 3.21. The van der Waals surface area contributed by atoms with Crippen LogP contribution in [0.1, 0.15) is 10.6 Å². The van der Waals surface area contributed by atoms with Crippen molar-refractivity contribution in [2.45, 2.75) is 10.8 Å². The minimum atomic E-state index is -3.30. The van der Waals surface area contributed by atoms with Gasteiger partial charge in [0.2, 0.25) is 14.2 Å². The van der Waals surface area contributed by atoms with E-state index in [0.29, 0.717) is 11.4 Å². The normalized spacial score (nSPS) is 11.6. The highest BCUT2D eigenvalue weighted by Crippen LogP contribution is 2.18. The molecule has 4 nitrogen and oxygen atoms in total. The molecule has 0 spiro atoms. The third-order valence-electron chi connectivity index (χ3n) is 2.03. The molecule has 90 valence electrons. The summed E-state index contributed by atoms with van der Waals surface area (Å²) in [7, 11) is -3.30. The average molecular weight is 272 g/mol. The van der Waals surface area contributed by atoms with Crippen molar-refractivity contribution in [3.05, 3.63) is 40.7 Å². The van der Waals surface area contributed by atoms with Crippen LogP contribution in [-0.2, 0) is 16.3 Å². The van der Waals surface area contributed by atoms with Gasteiger partial charge in [0.25, 0.3) is 0 Å². The first-order chi connectivity index (χ1) is 7.95. The molecule has 0 aliphatic rings. The maximum absolute atomic E-state index is 12.7. The molecule has 0 atom stereocenters. The summed E-state index contributed by atoms with van der Waals surface area (Å²) in [6.07, 6.45) is 1.54. The fourth-order valence-corrected chi connectivity index (χ4v) is 2.92. The number of halogens is 1. The molecule has 0 N–H and O–H groups in total. The lowest BCUT2D eigenvalue weighted by molar-refractivity contribution is 0.600. The van der Waals surface area contributed by atoms with Gasteiger partial charge in [-0.2, -0.15) is 0 Å². The number of sulfone groups is 1. The summed E-state index contributed by atoms with van der Waals surface area (Å²) < 4.78 is 35.1. The van der Waals surface area contributed by atoms with Crippen molar-refractivity contribution in [2.75, 3.05) is 6.26 Å². The highest BCUT2D eigenvalue weighted by Gasteiger charge is 2.14. The Bertz CT molecular complexity index is 620. The van der Waals surface area contributed by atoms with Crippen LogP contribution in [0.4, 0.5) is 4.39 Å². The van der Waals surface area contributed by atoms with Gasteiger partial charge in [0.05, 0.1) is 0 Å². The topological polar surface area (TPSA) is 59.9 Å². The quantitative estimate of drug-likeness (QED) is 0.852. The summed E-state index contributed by atoms with van der Waals surface area (Å²) in [6, 6.07) is 5.98. The minimum absolute atomic E-state index is 0.00890. The second-order valence-electron chi connectivity index (χ2n) is 3.54. The summed E-state index contributed by atoms with van der Waals surface area (Å²) in [5.74, 6) is -0.303. The number of rotatable bonds is 3. The van der Waals surface area contributed by atoms with Crippen LogP contribution in [0.2, 0.25) is 0 Å². The molecule has 0 bridgehead atoms. The monoisotopic (exact) mass is 272 g/mol. The molecule has 0 amide bonds. The molecule has 1 heterocycles. The Balaban J connectivity index is 2.20. The van der Waals surface area contributed by atoms with Crippen LogP contribution in [0, 0.1) is 5.82 Å². The van der Waals surface area contributed by atoms with Gasteiger partial charge >= 0.3 is 0 Å². The minimum Gasteiger partial charge on any atom is -0.221 e. The van der Waals surface area contributed by atoms with Crippen molar-refractivity contribution in [3.8, 4) is 0 Å². The fraction of sp³-hybridized carbons (Fsp3) is 0.200. The lowest BCUT2D eigenvalue weighted by atomic mass is 10.2. The maximum atomic E-state index is 12.7. The van der Waals surface area contributed by atoms with Crippen LogP contribution < -0.4 is 0 Å². The molecule has 0 aliphatic heterocycles. The third kappa shape index (κ3) is 3.07. The molecule has 0 fully saturated rings. The number of hydrogen-bond acceptors (Lipinski definition) is 5. The summed E-state index contributed by atoms with van der Waals surface area (Å²) in [5, 5.41) is 8.00. The Hall–Kier alpha value is -1.34. The number of hydrogen-bond donors (Lipinski definition) is 0. The zero-order chi connectivity index (χ0) is 12.5. The molecule has 1 aromatic carbocycles. The zero-order valence-electron chi connectivity index (χ0n) is 8.92. The van der Waals surface area contributed by atoms with Crippen LogP contribution in [-0.4, -0.2) is 24.9 Å². The van der Waals surface area contributed by atoms with Gasteiger partial charge in [0.1, 0.15) is 10.8 Å². The Labute approximate surface area is 102 Å². The lowest BCUT2D eigenvalue weighted by Crippen LogP contribution is -1.95. The SMILES string of the molecule is CS(=O)(=O)c1nnc(Cc2ccc(F)cc2)s1. The van der Waals surface area contributed by atoms with Gasteiger partial charge in [-0.25, -0.2) is 12.8 Å². The molecule has 0 saturated carbocycles. The Morgan fingerprint density at radius 1 is 1.24 bits per heavy atom. The van der Waals surface area contributed by atoms with Crippen LogP contribution in [0.5, 0.6) is 0 Å². The van der Waals surface area contributed by atoms with Gasteiger partial charge < -0.3 is 0 Å². The van der Waals surface area contributed by atoms with Gasteiger partial charge in [0, 0.05) is 12.7 Å². The average Bonchev–Trinajstić information content (AvgIpc) is 2.69. The molecule has 0 radical (unpaired) electrons. The largest absolute Gasteiger partial charge is 0.232 e. The van der Waals surface area contributed by atoms with Crippen molar-refractivity contribution >= 4 is 21.2 Å². The smallest absolute Gasteiger partial charge is 0.221 e. The maximum Gasteiger partial charge on any atom is 0.232 e. The number of benzene rings is 1. The van der Waals surface area contributed by atoms with Crippen LogP contribution in [0.25, 0.3) is 0 Å². The Morgan fingerprint density at radius 3 is 2.41 bits per heavy atom. The van der Waals surface area contributed by atoms with Crippen LogP contribution in [0.15, 0.2) is 28.6 Å². The molecule has 0 saturated heterocycles. The van der Waals surface area contributed by atoms with E-state index in [9.17, 15) is 12.8 Å². The van der Waals surface area contributed by atoms with Crippen molar-refractivity contribution in [3.63, 3.8) is 0 Å². The lowest BCUT2D eigenvalue weighted by Gasteiger charge is -1.96. The van der Waals surface area contributed by atoms with Gasteiger partial charge in [-0.3, -0.25) is 0 Å².